The maximum absolute atomic E-state index is 10.1. The van der Waals surface area contributed by atoms with Crippen LogP contribution in [0.5, 0.6) is 0 Å². The van der Waals surface area contributed by atoms with Crippen LogP contribution < -0.4 is 0 Å². The van der Waals surface area contributed by atoms with Gasteiger partial charge in [-0.2, -0.15) is 0 Å². The molecule has 0 aromatic carbocycles. The van der Waals surface area contributed by atoms with Gasteiger partial charge in [0.05, 0.1) is 0 Å². The summed E-state index contributed by atoms with van der Waals surface area (Å²) in [6.45, 7) is 0. The minimum Gasteiger partial charge on any atom is -0.297 e. The summed E-state index contributed by atoms with van der Waals surface area (Å²) in [5, 5.41) is 0.797. The summed E-state index contributed by atoms with van der Waals surface area (Å²) in [6, 6.07) is 0. The molecule has 9 heavy (non-hydrogen) atoms. The van der Waals surface area contributed by atoms with Crippen molar-refractivity contribution in [2.24, 2.45) is 0 Å². The van der Waals surface area contributed by atoms with Crippen molar-refractivity contribution in [1.29, 1.82) is 0 Å². The van der Waals surface area contributed by atoms with Crippen molar-refractivity contribution in [1.82, 2.24) is 0 Å². The van der Waals surface area contributed by atoms with Crippen molar-refractivity contribution >= 4 is 29.6 Å². The SMILES string of the molecule is O=CC1=CC=C(Cl)CS1. The van der Waals surface area contributed by atoms with Crippen molar-refractivity contribution in [2.45, 2.75) is 0 Å². The number of thioether (sulfide) groups is 1. The molecule has 0 bridgehead atoms. The summed E-state index contributed by atoms with van der Waals surface area (Å²) >= 11 is 7.08. The summed E-state index contributed by atoms with van der Waals surface area (Å²) in [5.74, 6) is 0.728. The molecule has 0 saturated heterocycles. The van der Waals surface area contributed by atoms with Gasteiger partial charge in [0.15, 0.2) is 6.29 Å². The molecule has 3 heteroatoms. The highest BCUT2D eigenvalue weighted by Gasteiger charge is 2.02. The number of halogens is 1. The standard InChI is InChI=1S/C6H5ClOS/c7-5-1-2-6(3-8)9-4-5/h1-3H,4H2. The van der Waals surface area contributed by atoms with E-state index in [9.17, 15) is 4.79 Å². The third-order valence-electron chi connectivity index (χ3n) is 0.921. The number of carbonyl (C=O) groups is 1. The van der Waals surface area contributed by atoms with Gasteiger partial charge in [-0.25, -0.2) is 0 Å². The average Bonchev–Trinajstić information content (AvgIpc) is 1.90. The summed E-state index contributed by atoms with van der Waals surface area (Å²) in [5.41, 5.74) is 0. The second kappa shape index (κ2) is 3.08. The first-order valence-corrected chi connectivity index (χ1v) is 3.83. The largest absolute Gasteiger partial charge is 0.297 e. The molecule has 0 unspecified atom stereocenters. The molecule has 0 radical (unpaired) electrons. The quantitative estimate of drug-likeness (QED) is 0.546. The van der Waals surface area contributed by atoms with Crippen LogP contribution in [0.4, 0.5) is 0 Å². The second-order valence-electron chi connectivity index (χ2n) is 1.59. The first-order valence-electron chi connectivity index (χ1n) is 2.47. The Labute approximate surface area is 62.8 Å². The Balaban J connectivity index is 2.69. The molecule has 0 spiro atoms. The molecule has 0 amide bonds. The Morgan fingerprint density at radius 1 is 1.67 bits per heavy atom. The Bertz CT molecular complexity index is 183. The van der Waals surface area contributed by atoms with Crippen LogP contribution in [-0.4, -0.2) is 12.0 Å². The van der Waals surface area contributed by atoms with Crippen LogP contribution >= 0.6 is 23.4 Å². The van der Waals surface area contributed by atoms with E-state index in [1.54, 1.807) is 12.2 Å². The van der Waals surface area contributed by atoms with E-state index in [0.29, 0.717) is 0 Å². The lowest BCUT2D eigenvalue weighted by molar-refractivity contribution is -0.104. The summed E-state index contributed by atoms with van der Waals surface area (Å²) < 4.78 is 0. The van der Waals surface area contributed by atoms with Crippen molar-refractivity contribution in [2.75, 3.05) is 5.75 Å². The van der Waals surface area contributed by atoms with Gasteiger partial charge in [0.1, 0.15) is 0 Å². The van der Waals surface area contributed by atoms with Crippen LogP contribution in [0, 0.1) is 0 Å². The molecular weight excluding hydrogens is 156 g/mol. The average molecular weight is 161 g/mol. The molecule has 0 aromatic rings. The topological polar surface area (TPSA) is 17.1 Å². The van der Waals surface area contributed by atoms with E-state index in [4.69, 9.17) is 11.6 Å². The van der Waals surface area contributed by atoms with Crippen LogP contribution in [0.2, 0.25) is 0 Å². The van der Waals surface area contributed by atoms with E-state index in [1.165, 1.54) is 11.8 Å². The van der Waals surface area contributed by atoms with Gasteiger partial charge in [-0.3, -0.25) is 4.79 Å². The van der Waals surface area contributed by atoms with E-state index >= 15 is 0 Å². The molecule has 0 saturated carbocycles. The third-order valence-corrected chi connectivity index (χ3v) is 2.36. The van der Waals surface area contributed by atoms with Gasteiger partial charge in [0, 0.05) is 15.7 Å². The zero-order valence-corrected chi connectivity index (χ0v) is 6.21. The molecule has 0 aliphatic carbocycles. The summed E-state index contributed by atoms with van der Waals surface area (Å²) in [6.07, 6.45) is 4.32. The minimum absolute atomic E-state index is 0.728. The first-order chi connectivity index (χ1) is 4.33. The monoisotopic (exact) mass is 160 g/mol. The van der Waals surface area contributed by atoms with Crippen LogP contribution in [0.1, 0.15) is 0 Å². The molecule has 1 nitrogen and oxygen atoms in total. The van der Waals surface area contributed by atoms with Crippen LogP contribution in [0.15, 0.2) is 22.1 Å². The predicted octanol–water partition coefficient (Wildman–Crippen LogP) is 1.94. The van der Waals surface area contributed by atoms with Crippen molar-refractivity contribution in [3.8, 4) is 0 Å². The number of aldehydes is 1. The van der Waals surface area contributed by atoms with Gasteiger partial charge < -0.3 is 0 Å². The van der Waals surface area contributed by atoms with Gasteiger partial charge in [0.2, 0.25) is 0 Å². The lowest BCUT2D eigenvalue weighted by Gasteiger charge is -2.02. The summed E-state index contributed by atoms with van der Waals surface area (Å²) in [7, 11) is 0. The molecule has 0 fully saturated rings. The van der Waals surface area contributed by atoms with Crippen LogP contribution in [0.3, 0.4) is 0 Å². The number of hydrogen-bond acceptors (Lipinski definition) is 2. The second-order valence-corrected chi connectivity index (χ2v) is 3.12. The smallest absolute Gasteiger partial charge is 0.156 e. The van der Waals surface area contributed by atoms with E-state index in [2.05, 4.69) is 0 Å². The Hall–Kier alpha value is -0.210. The fourth-order valence-electron chi connectivity index (χ4n) is 0.494. The predicted molar refractivity (Wildman–Crippen MR) is 40.5 cm³/mol. The molecule has 1 aliphatic rings. The van der Waals surface area contributed by atoms with Crippen molar-refractivity contribution < 1.29 is 4.79 Å². The first kappa shape index (κ1) is 6.90. The molecule has 1 aliphatic heterocycles. The normalized spacial score (nSPS) is 18.3. The van der Waals surface area contributed by atoms with Crippen LogP contribution in [0.25, 0.3) is 0 Å². The Kier molecular flexibility index (Phi) is 2.37. The number of rotatable bonds is 1. The van der Waals surface area contributed by atoms with E-state index in [1.807, 2.05) is 0 Å². The lowest BCUT2D eigenvalue weighted by Crippen LogP contribution is -1.87. The van der Waals surface area contributed by atoms with E-state index in [0.717, 1.165) is 22.0 Å². The molecule has 48 valence electrons. The fraction of sp³-hybridized carbons (Fsp3) is 0.167. The fourth-order valence-corrected chi connectivity index (χ4v) is 1.35. The lowest BCUT2D eigenvalue weighted by atomic mass is 10.4. The van der Waals surface area contributed by atoms with Gasteiger partial charge in [0.25, 0.3) is 0 Å². The Morgan fingerprint density at radius 2 is 2.44 bits per heavy atom. The molecule has 1 heterocycles. The molecule has 0 N–H and O–H groups in total. The maximum Gasteiger partial charge on any atom is 0.156 e. The highest BCUT2D eigenvalue weighted by molar-refractivity contribution is 8.04. The molecule has 1 rings (SSSR count). The van der Waals surface area contributed by atoms with Gasteiger partial charge in [-0.1, -0.05) is 11.6 Å². The minimum atomic E-state index is 0.728. The highest BCUT2D eigenvalue weighted by atomic mass is 35.5. The van der Waals surface area contributed by atoms with E-state index < -0.39 is 0 Å². The highest BCUT2D eigenvalue weighted by Crippen LogP contribution is 2.23. The summed E-state index contributed by atoms with van der Waals surface area (Å²) in [4.78, 5) is 10.9. The zero-order valence-electron chi connectivity index (χ0n) is 4.63. The zero-order chi connectivity index (χ0) is 6.69. The van der Waals surface area contributed by atoms with E-state index in [-0.39, 0.29) is 0 Å². The van der Waals surface area contributed by atoms with Crippen LogP contribution in [-0.2, 0) is 4.79 Å². The number of hydrogen-bond donors (Lipinski definition) is 0. The van der Waals surface area contributed by atoms with Gasteiger partial charge >= 0.3 is 0 Å². The molecular formula is C6H5ClOS. The molecule has 0 atom stereocenters. The van der Waals surface area contributed by atoms with Gasteiger partial charge in [-0.05, 0) is 12.2 Å². The maximum atomic E-state index is 10.1. The number of carbonyl (C=O) groups excluding carboxylic acids is 1. The number of allylic oxidation sites excluding steroid dienone is 3. The third kappa shape index (κ3) is 1.88. The van der Waals surface area contributed by atoms with Gasteiger partial charge in [-0.15, -0.1) is 11.8 Å². The molecule has 0 aromatic heterocycles. The Morgan fingerprint density at radius 3 is 2.89 bits per heavy atom. The van der Waals surface area contributed by atoms with Crippen molar-refractivity contribution in [3.63, 3.8) is 0 Å². The van der Waals surface area contributed by atoms with Crippen molar-refractivity contribution in [3.05, 3.63) is 22.1 Å².